The molecule has 0 spiro atoms. The summed E-state index contributed by atoms with van der Waals surface area (Å²) in [5, 5.41) is 11.6. The van der Waals surface area contributed by atoms with Crippen LogP contribution in [0.2, 0.25) is 0 Å². The van der Waals surface area contributed by atoms with Gasteiger partial charge in [0.05, 0.1) is 11.4 Å². The third kappa shape index (κ3) is 3.59. The molecule has 25 heavy (non-hydrogen) atoms. The summed E-state index contributed by atoms with van der Waals surface area (Å²) in [6.07, 6.45) is 10.5. The van der Waals surface area contributed by atoms with E-state index in [1.807, 2.05) is 11.7 Å². The molecule has 0 bridgehead atoms. The van der Waals surface area contributed by atoms with Crippen LogP contribution in [0.15, 0.2) is 0 Å². The van der Waals surface area contributed by atoms with Gasteiger partial charge < -0.3 is 10.2 Å². The monoisotopic (exact) mass is 345 g/mol. The van der Waals surface area contributed by atoms with Crippen LogP contribution in [0.3, 0.4) is 0 Å². The molecule has 2 aliphatic carbocycles. The molecule has 3 unspecified atom stereocenters. The van der Waals surface area contributed by atoms with Crippen molar-refractivity contribution in [3.63, 3.8) is 0 Å². The van der Waals surface area contributed by atoms with E-state index in [0.29, 0.717) is 12.0 Å². The van der Waals surface area contributed by atoms with Crippen LogP contribution in [0.25, 0.3) is 0 Å². The van der Waals surface area contributed by atoms with Crippen LogP contribution < -0.4 is 5.32 Å². The summed E-state index contributed by atoms with van der Waals surface area (Å²) in [5.74, 6) is 0.949. The number of amides is 1. The van der Waals surface area contributed by atoms with Crippen LogP contribution in [0.5, 0.6) is 0 Å². The molecule has 1 amide bonds. The van der Waals surface area contributed by atoms with Gasteiger partial charge >= 0.3 is 0 Å². The highest BCUT2D eigenvalue weighted by Gasteiger charge is 2.33. The maximum Gasteiger partial charge on any atom is 0.223 e. The number of nitrogens with zero attached hydrogens (tertiary/aromatic N) is 4. The van der Waals surface area contributed by atoms with Crippen molar-refractivity contribution in [2.75, 3.05) is 19.6 Å². The highest BCUT2D eigenvalue weighted by Crippen LogP contribution is 2.30. The molecule has 3 aliphatic rings. The van der Waals surface area contributed by atoms with E-state index in [-0.39, 0.29) is 11.8 Å². The minimum atomic E-state index is 0.0820. The van der Waals surface area contributed by atoms with Crippen molar-refractivity contribution in [3.8, 4) is 0 Å². The lowest BCUT2D eigenvalue weighted by Gasteiger charge is -2.38. The van der Waals surface area contributed by atoms with Crippen molar-refractivity contribution in [2.24, 2.45) is 18.9 Å². The van der Waals surface area contributed by atoms with Gasteiger partial charge in [0.15, 0.2) is 0 Å². The molecule has 6 heteroatoms. The number of carbonyl (C=O) groups is 1. The Bertz CT molecular complexity index is 607. The summed E-state index contributed by atoms with van der Waals surface area (Å²) < 4.78 is 1.83. The van der Waals surface area contributed by atoms with Gasteiger partial charge in [-0.15, -0.1) is 5.10 Å². The molecule has 6 nitrogen and oxygen atoms in total. The first-order valence-corrected chi connectivity index (χ1v) is 10.1. The zero-order valence-electron chi connectivity index (χ0n) is 15.4. The summed E-state index contributed by atoms with van der Waals surface area (Å²) in [7, 11) is 1.93. The molecule has 1 aromatic rings. The van der Waals surface area contributed by atoms with E-state index in [4.69, 9.17) is 0 Å². The molecule has 1 saturated heterocycles. The van der Waals surface area contributed by atoms with Crippen molar-refractivity contribution in [1.82, 2.24) is 25.2 Å². The van der Waals surface area contributed by atoms with Crippen molar-refractivity contribution in [2.45, 2.75) is 63.8 Å². The molecule has 0 radical (unpaired) electrons. The standard InChI is InChI=1S/C19H31N5O/c1-23-18-12-14(8-9-16(18)21-22-23)19(25)20-13-15-6-2-3-7-17(15)24-10-4-5-11-24/h14-15,17H,2-13H2,1H3,(H,20,25). The first-order valence-electron chi connectivity index (χ1n) is 10.1. The minimum Gasteiger partial charge on any atom is -0.356 e. The topological polar surface area (TPSA) is 63.1 Å². The van der Waals surface area contributed by atoms with Crippen LogP contribution >= 0.6 is 0 Å². The molecule has 1 N–H and O–H groups in total. The van der Waals surface area contributed by atoms with E-state index in [1.165, 1.54) is 51.6 Å². The molecular weight excluding hydrogens is 314 g/mol. The Hall–Kier alpha value is -1.43. The fraction of sp³-hybridized carbons (Fsp3) is 0.842. The first kappa shape index (κ1) is 17.0. The summed E-state index contributed by atoms with van der Waals surface area (Å²) in [5.41, 5.74) is 2.21. The van der Waals surface area contributed by atoms with Gasteiger partial charge in [0.1, 0.15) is 0 Å². The smallest absolute Gasteiger partial charge is 0.223 e. The molecule has 1 aromatic heterocycles. The van der Waals surface area contributed by atoms with Crippen molar-refractivity contribution in [1.29, 1.82) is 0 Å². The predicted octanol–water partition coefficient (Wildman–Crippen LogP) is 1.69. The molecule has 138 valence electrons. The highest BCUT2D eigenvalue weighted by atomic mass is 16.1. The number of hydrogen-bond donors (Lipinski definition) is 1. The number of rotatable bonds is 4. The number of carbonyl (C=O) groups excluding carboxylic acids is 1. The summed E-state index contributed by atoms with van der Waals surface area (Å²) in [6.45, 7) is 3.37. The third-order valence-corrected chi connectivity index (χ3v) is 6.58. The van der Waals surface area contributed by atoms with E-state index in [2.05, 4.69) is 20.5 Å². The molecule has 4 rings (SSSR count). The fourth-order valence-corrected chi connectivity index (χ4v) is 5.09. The Balaban J connectivity index is 1.32. The number of hydrogen-bond acceptors (Lipinski definition) is 4. The Morgan fingerprint density at radius 3 is 2.80 bits per heavy atom. The van der Waals surface area contributed by atoms with Gasteiger partial charge in [0, 0.05) is 32.0 Å². The highest BCUT2D eigenvalue weighted by molar-refractivity contribution is 5.79. The SMILES string of the molecule is Cn1nnc2c1CC(C(=O)NCC1CCCCC1N1CCCC1)CC2. The molecule has 1 aliphatic heterocycles. The number of aryl methyl sites for hydroxylation is 2. The molecular formula is C19H31N5O. The van der Waals surface area contributed by atoms with Crippen LogP contribution in [0.1, 0.15) is 56.3 Å². The first-order chi connectivity index (χ1) is 12.2. The Morgan fingerprint density at radius 1 is 1.16 bits per heavy atom. The second kappa shape index (κ2) is 7.44. The average Bonchev–Trinajstić information content (AvgIpc) is 3.30. The van der Waals surface area contributed by atoms with Crippen LogP contribution in [0.4, 0.5) is 0 Å². The zero-order valence-corrected chi connectivity index (χ0v) is 15.4. The van der Waals surface area contributed by atoms with Crippen molar-refractivity contribution < 1.29 is 4.79 Å². The lowest BCUT2D eigenvalue weighted by Crippen LogP contribution is -2.46. The van der Waals surface area contributed by atoms with Crippen LogP contribution in [0, 0.1) is 11.8 Å². The second-order valence-electron chi connectivity index (χ2n) is 8.15. The molecule has 3 atom stereocenters. The molecule has 2 heterocycles. The predicted molar refractivity (Wildman–Crippen MR) is 96.1 cm³/mol. The average molecular weight is 345 g/mol. The fourth-order valence-electron chi connectivity index (χ4n) is 5.09. The van der Waals surface area contributed by atoms with E-state index >= 15 is 0 Å². The lowest BCUT2D eigenvalue weighted by molar-refractivity contribution is -0.125. The quantitative estimate of drug-likeness (QED) is 0.902. The summed E-state index contributed by atoms with van der Waals surface area (Å²) in [6, 6.07) is 0.691. The van der Waals surface area contributed by atoms with Gasteiger partial charge in [-0.25, -0.2) is 0 Å². The van der Waals surface area contributed by atoms with Crippen molar-refractivity contribution in [3.05, 3.63) is 11.4 Å². The maximum absolute atomic E-state index is 12.7. The summed E-state index contributed by atoms with van der Waals surface area (Å²) in [4.78, 5) is 15.4. The maximum atomic E-state index is 12.7. The normalized spacial score (nSPS) is 30.2. The number of nitrogens with one attached hydrogen (secondary N) is 1. The van der Waals surface area contributed by atoms with Crippen LogP contribution in [-0.2, 0) is 24.7 Å². The van der Waals surface area contributed by atoms with Gasteiger partial charge in [-0.2, -0.15) is 0 Å². The lowest BCUT2D eigenvalue weighted by atomic mass is 9.83. The van der Waals surface area contributed by atoms with Gasteiger partial charge in [0.2, 0.25) is 5.91 Å². The van der Waals surface area contributed by atoms with E-state index in [9.17, 15) is 4.79 Å². The van der Waals surface area contributed by atoms with E-state index < -0.39 is 0 Å². The van der Waals surface area contributed by atoms with Gasteiger partial charge in [-0.3, -0.25) is 9.48 Å². The minimum absolute atomic E-state index is 0.0820. The Kier molecular flexibility index (Phi) is 5.06. The number of fused-ring (bicyclic) bond motifs is 1. The second-order valence-corrected chi connectivity index (χ2v) is 8.15. The molecule has 1 saturated carbocycles. The van der Waals surface area contributed by atoms with Gasteiger partial charge in [0.25, 0.3) is 0 Å². The summed E-state index contributed by atoms with van der Waals surface area (Å²) >= 11 is 0. The number of likely N-dealkylation sites (tertiary alicyclic amines) is 1. The van der Waals surface area contributed by atoms with Gasteiger partial charge in [-0.1, -0.05) is 18.1 Å². The Labute approximate surface area is 150 Å². The van der Waals surface area contributed by atoms with Gasteiger partial charge in [-0.05, 0) is 57.5 Å². The van der Waals surface area contributed by atoms with Crippen LogP contribution in [-0.4, -0.2) is 51.5 Å². The third-order valence-electron chi connectivity index (χ3n) is 6.58. The van der Waals surface area contributed by atoms with E-state index in [0.717, 1.165) is 37.2 Å². The largest absolute Gasteiger partial charge is 0.356 e. The molecule has 0 aromatic carbocycles. The van der Waals surface area contributed by atoms with Crippen molar-refractivity contribution >= 4 is 5.91 Å². The number of aromatic nitrogens is 3. The zero-order chi connectivity index (χ0) is 17.2. The Morgan fingerprint density at radius 2 is 1.96 bits per heavy atom. The molecule has 2 fully saturated rings. The van der Waals surface area contributed by atoms with E-state index in [1.54, 1.807) is 0 Å².